The van der Waals surface area contributed by atoms with Gasteiger partial charge in [-0.3, -0.25) is 20.4 Å². The number of imidazole rings is 1. The molecule has 3 aromatic rings. The van der Waals surface area contributed by atoms with Crippen LogP contribution < -0.4 is 10.9 Å². The van der Waals surface area contributed by atoms with Crippen molar-refractivity contribution in [2.24, 2.45) is 0 Å². The van der Waals surface area contributed by atoms with Gasteiger partial charge in [0.05, 0.1) is 15.9 Å². The molecule has 2 amide bonds. The number of benzene rings is 1. The van der Waals surface area contributed by atoms with Crippen molar-refractivity contribution in [1.82, 2.24) is 20.4 Å². The van der Waals surface area contributed by atoms with Crippen LogP contribution in [0.4, 0.5) is 0 Å². The van der Waals surface area contributed by atoms with Crippen LogP contribution in [0.25, 0.3) is 11.0 Å². The monoisotopic (exact) mass is 328 g/mol. The fourth-order valence-corrected chi connectivity index (χ4v) is 3.06. The van der Waals surface area contributed by atoms with E-state index >= 15 is 0 Å². The van der Waals surface area contributed by atoms with Gasteiger partial charge in [-0.1, -0.05) is 6.07 Å². The minimum absolute atomic E-state index is 0.333. The van der Waals surface area contributed by atoms with Crippen LogP contribution in [-0.4, -0.2) is 21.4 Å². The molecule has 6 nitrogen and oxygen atoms in total. The molecule has 1 aromatic carbocycles. The Balaban J connectivity index is 1.75. The lowest BCUT2D eigenvalue weighted by Crippen LogP contribution is -2.41. The highest BCUT2D eigenvalue weighted by molar-refractivity contribution is 7.12. The number of nitrogens with one attached hydrogen (secondary N) is 2. The van der Waals surface area contributed by atoms with Crippen LogP contribution in [0, 0.1) is 6.92 Å². The molecule has 0 saturated heterocycles. The third kappa shape index (κ3) is 2.95. The average Bonchev–Trinajstić information content (AvgIpc) is 3.18. The van der Waals surface area contributed by atoms with Crippen molar-refractivity contribution in [1.29, 1.82) is 0 Å². The zero-order valence-electron chi connectivity index (χ0n) is 12.8. The van der Waals surface area contributed by atoms with Gasteiger partial charge in [0.25, 0.3) is 11.8 Å². The highest BCUT2D eigenvalue weighted by Crippen LogP contribution is 2.17. The molecule has 2 heterocycles. The van der Waals surface area contributed by atoms with Crippen molar-refractivity contribution >= 4 is 34.2 Å². The highest BCUT2D eigenvalue weighted by Gasteiger charge is 2.12. The van der Waals surface area contributed by atoms with Crippen molar-refractivity contribution in [3.8, 4) is 0 Å². The molecule has 23 heavy (non-hydrogen) atoms. The van der Waals surface area contributed by atoms with Crippen molar-refractivity contribution in [2.45, 2.75) is 20.4 Å². The lowest BCUT2D eigenvalue weighted by atomic mass is 10.2. The maximum Gasteiger partial charge on any atom is 0.279 e. The molecule has 7 heteroatoms. The first-order chi connectivity index (χ1) is 11.1. The summed E-state index contributed by atoms with van der Waals surface area (Å²) in [5.41, 5.74) is 7.03. The molecular weight excluding hydrogens is 312 g/mol. The Bertz CT molecular complexity index is 868. The van der Waals surface area contributed by atoms with Crippen LogP contribution in [-0.2, 0) is 6.54 Å². The molecule has 2 aromatic heterocycles. The van der Waals surface area contributed by atoms with E-state index in [4.69, 9.17) is 0 Å². The molecule has 0 radical (unpaired) electrons. The summed E-state index contributed by atoms with van der Waals surface area (Å²) in [6.45, 7) is 4.81. The van der Waals surface area contributed by atoms with Gasteiger partial charge in [-0.25, -0.2) is 4.98 Å². The van der Waals surface area contributed by atoms with Crippen molar-refractivity contribution in [3.63, 3.8) is 0 Å². The van der Waals surface area contributed by atoms with Crippen molar-refractivity contribution in [3.05, 3.63) is 52.0 Å². The predicted octanol–water partition coefficient (Wildman–Crippen LogP) is 2.50. The number of hydrogen-bond donors (Lipinski definition) is 2. The van der Waals surface area contributed by atoms with Crippen LogP contribution >= 0.6 is 11.3 Å². The predicted molar refractivity (Wildman–Crippen MR) is 89.4 cm³/mol. The van der Waals surface area contributed by atoms with E-state index in [1.165, 1.54) is 11.3 Å². The summed E-state index contributed by atoms with van der Waals surface area (Å²) in [5, 5.41) is 1.80. The van der Waals surface area contributed by atoms with Gasteiger partial charge in [-0.2, -0.15) is 0 Å². The molecule has 118 valence electrons. The van der Waals surface area contributed by atoms with Crippen LogP contribution in [0.3, 0.4) is 0 Å². The summed E-state index contributed by atoms with van der Waals surface area (Å²) >= 11 is 1.31. The van der Waals surface area contributed by atoms with Gasteiger partial charge in [0.15, 0.2) is 0 Å². The minimum atomic E-state index is -0.375. The second-order valence-electron chi connectivity index (χ2n) is 4.99. The van der Waals surface area contributed by atoms with Crippen LogP contribution in [0.5, 0.6) is 0 Å². The van der Waals surface area contributed by atoms with Gasteiger partial charge in [0, 0.05) is 12.1 Å². The molecule has 0 bridgehead atoms. The summed E-state index contributed by atoms with van der Waals surface area (Å²) in [7, 11) is 0. The first-order valence-electron chi connectivity index (χ1n) is 7.21. The molecule has 0 aliphatic carbocycles. The Morgan fingerprint density at radius 2 is 2.00 bits per heavy atom. The summed E-state index contributed by atoms with van der Waals surface area (Å²) < 4.78 is 2.08. The second kappa shape index (κ2) is 6.21. The molecule has 0 spiro atoms. The fourth-order valence-electron chi connectivity index (χ4n) is 2.45. The van der Waals surface area contributed by atoms with Crippen LogP contribution in [0.1, 0.15) is 32.8 Å². The normalized spacial score (nSPS) is 10.7. The Morgan fingerprint density at radius 3 is 2.70 bits per heavy atom. The average molecular weight is 328 g/mol. The van der Waals surface area contributed by atoms with Gasteiger partial charge in [0.1, 0.15) is 5.82 Å². The van der Waals surface area contributed by atoms with E-state index < -0.39 is 0 Å². The lowest BCUT2D eigenvalue weighted by Gasteiger charge is -2.06. The highest BCUT2D eigenvalue weighted by atomic mass is 32.1. The van der Waals surface area contributed by atoms with E-state index in [1.807, 2.05) is 13.0 Å². The van der Waals surface area contributed by atoms with E-state index in [-0.39, 0.29) is 11.8 Å². The molecule has 3 rings (SSSR count). The van der Waals surface area contributed by atoms with E-state index in [0.717, 1.165) is 23.4 Å². The number of fused-ring (bicyclic) bond motifs is 1. The molecule has 0 saturated carbocycles. The molecule has 0 fully saturated rings. The number of hydrogen-bond acceptors (Lipinski definition) is 4. The Labute approximate surface area is 137 Å². The number of aryl methyl sites for hydroxylation is 2. The summed E-state index contributed by atoms with van der Waals surface area (Å²) in [5.74, 6) is 0.201. The number of nitrogens with zero attached hydrogens (tertiary/aromatic N) is 2. The van der Waals surface area contributed by atoms with Crippen LogP contribution in [0.2, 0.25) is 0 Å². The molecule has 0 atom stereocenters. The summed E-state index contributed by atoms with van der Waals surface area (Å²) in [6.07, 6.45) is 0. The molecule has 0 unspecified atom stereocenters. The largest absolute Gasteiger partial charge is 0.329 e. The SMILES string of the molecule is CCn1c(C)nc2cc(C(=O)NNC(=O)c3cccs3)ccc21. The number of amides is 2. The van der Waals surface area contributed by atoms with Gasteiger partial charge in [0.2, 0.25) is 0 Å². The third-order valence-corrected chi connectivity index (χ3v) is 4.42. The maximum atomic E-state index is 12.2. The van der Waals surface area contributed by atoms with E-state index in [2.05, 4.69) is 27.3 Å². The van der Waals surface area contributed by atoms with Gasteiger partial charge < -0.3 is 4.57 Å². The summed E-state index contributed by atoms with van der Waals surface area (Å²) in [6, 6.07) is 8.79. The zero-order chi connectivity index (χ0) is 16.4. The molecular formula is C16H16N4O2S. The Hall–Kier alpha value is -2.67. The molecule has 0 aliphatic heterocycles. The fraction of sp³-hybridized carbons (Fsp3) is 0.188. The number of rotatable bonds is 3. The van der Waals surface area contributed by atoms with Gasteiger partial charge in [-0.15, -0.1) is 11.3 Å². The number of thiophene rings is 1. The number of aromatic nitrogens is 2. The topological polar surface area (TPSA) is 76.0 Å². The number of hydrazine groups is 1. The van der Waals surface area contributed by atoms with Gasteiger partial charge >= 0.3 is 0 Å². The lowest BCUT2D eigenvalue weighted by molar-refractivity contribution is 0.0849. The van der Waals surface area contributed by atoms with Gasteiger partial charge in [-0.05, 0) is 43.5 Å². The minimum Gasteiger partial charge on any atom is -0.329 e. The zero-order valence-corrected chi connectivity index (χ0v) is 13.6. The standard InChI is InChI=1S/C16H16N4O2S/c1-3-20-10(2)17-12-9-11(6-7-13(12)20)15(21)18-19-16(22)14-5-4-8-23-14/h4-9H,3H2,1-2H3,(H,18,21)(H,19,22). The summed E-state index contributed by atoms with van der Waals surface area (Å²) in [4.78, 5) is 29.0. The van der Waals surface area contributed by atoms with Crippen molar-refractivity contribution < 1.29 is 9.59 Å². The second-order valence-corrected chi connectivity index (χ2v) is 5.94. The molecule has 2 N–H and O–H groups in total. The smallest absolute Gasteiger partial charge is 0.279 e. The van der Waals surface area contributed by atoms with Crippen molar-refractivity contribution in [2.75, 3.05) is 0 Å². The maximum absolute atomic E-state index is 12.2. The molecule has 0 aliphatic rings. The first kappa shape index (κ1) is 15.2. The van der Waals surface area contributed by atoms with E-state index in [9.17, 15) is 9.59 Å². The van der Waals surface area contributed by atoms with Crippen LogP contribution in [0.15, 0.2) is 35.7 Å². The number of carbonyl (C=O) groups excluding carboxylic acids is 2. The quantitative estimate of drug-likeness (QED) is 0.725. The van der Waals surface area contributed by atoms with E-state index in [1.54, 1.807) is 29.6 Å². The Morgan fingerprint density at radius 1 is 1.22 bits per heavy atom. The first-order valence-corrected chi connectivity index (χ1v) is 8.09. The number of carbonyl (C=O) groups is 2. The third-order valence-electron chi connectivity index (χ3n) is 3.55. The Kier molecular flexibility index (Phi) is 4.12. The van der Waals surface area contributed by atoms with E-state index in [0.29, 0.717) is 10.4 Å².